The number of carbonyl (C=O) groups is 1. The van der Waals surface area contributed by atoms with Gasteiger partial charge in [0, 0.05) is 30.6 Å². The van der Waals surface area contributed by atoms with E-state index >= 15 is 0 Å². The Morgan fingerprint density at radius 3 is 2.50 bits per heavy atom. The summed E-state index contributed by atoms with van der Waals surface area (Å²) in [5.41, 5.74) is 11.9. The second-order valence-electron chi connectivity index (χ2n) is 8.71. The maximum absolute atomic E-state index is 12.1. The average Bonchev–Trinajstić information content (AvgIpc) is 3.15. The van der Waals surface area contributed by atoms with Crippen molar-refractivity contribution in [3.05, 3.63) is 81.9 Å². The van der Waals surface area contributed by atoms with Crippen LogP contribution < -0.4 is 5.73 Å². The third-order valence-corrected chi connectivity index (χ3v) is 6.74. The van der Waals surface area contributed by atoms with Crippen LogP contribution in [0.25, 0.3) is 0 Å². The van der Waals surface area contributed by atoms with Gasteiger partial charge in [0.1, 0.15) is 0 Å². The Hall–Kier alpha value is -2.10. The fourth-order valence-electron chi connectivity index (χ4n) is 4.87. The summed E-state index contributed by atoms with van der Waals surface area (Å²) in [6.45, 7) is 1.66. The predicted molar refractivity (Wildman–Crippen MR) is 124 cm³/mol. The summed E-state index contributed by atoms with van der Waals surface area (Å²) < 4.78 is 0. The number of hydrogen-bond donors (Lipinski definition) is 1. The van der Waals surface area contributed by atoms with Crippen molar-refractivity contribution in [1.29, 1.82) is 0 Å². The highest BCUT2D eigenvalue weighted by Gasteiger charge is 2.24. The van der Waals surface area contributed by atoms with Gasteiger partial charge in [-0.05, 0) is 73.3 Å². The molecule has 1 saturated carbocycles. The van der Waals surface area contributed by atoms with Crippen molar-refractivity contribution in [2.24, 2.45) is 5.73 Å². The first-order valence-corrected chi connectivity index (χ1v) is 11.5. The van der Waals surface area contributed by atoms with Gasteiger partial charge in [-0.2, -0.15) is 0 Å². The summed E-state index contributed by atoms with van der Waals surface area (Å²) in [6.07, 6.45) is 9.35. The van der Waals surface area contributed by atoms with Crippen LogP contribution in [-0.2, 0) is 17.8 Å². The number of amides is 1. The van der Waals surface area contributed by atoms with E-state index in [9.17, 15) is 4.79 Å². The zero-order valence-electron chi connectivity index (χ0n) is 17.5. The van der Waals surface area contributed by atoms with Gasteiger partial charge in [-0.25, -0.2) is 0 Å². The number of hydrogen-bond acceptors (Lipinski definition) is 2. The molecule has 4 rings (SSSR count). The van der Waals surface area contributed by atoms with Crippen LogP contribution in [0.15, 0.2) is 60.2 Å². The Morgan fingerprint density at radius 1 is 1.07 bits per heavy atom. The van der Waals surface area contributed by atoms with Gasteiger partial charge >= 0.3 is 0 Å². The Labute approximate surface area is 184 Å². The molecule has 3 nitrogen and oxygen atoms in total. The largest absolute Gasteiger partial charge is 0.338 e. The van der Waals surface area contributed by atoms with E-state index in [1.807, 2.05) is 17.0 Å². The molecule has 1 aliphatic heterocycles. The minimum atomic E-state index is 0.0474. The molecule has 1 heterocycles. The van der Waals surface area contributed by atoms with Crippen LogP contribution in [0.3, 0.4) is 0 Å². The first kappa shape index (κ1) is 21.1. The zero-order chi connectivity index (χ0) is 20.9. The van der Waals surface area contributed by atoms with Crippen LogP contribution in [0.1, 0.15) is 61.1 Å². The van der Waals surface area contributed by atoms with E-state index in [1.54, 1.807) is 0 Å². The highest BCUT2D eigenvalue weighted by atomic mass is 35.5. The van der Waals surface area contributed by atoms with Crippen molar-refractivity contribution in [1.82, 2.24) is 4.90 Å². The minimum Gasteiger partial charge on any atom is -0.338 e. The molecule has 158 valence electrons. The highest BCUT2D eigenvalue weighted by Crippen LogP contribution is 2.37. The maximum atomic E-state index is 12.1. The summed E-state index contributed by atoms with van der Waals surface area (Å²) in [5, 5.41) is 0.762. The second-order valence-corrected chi connectivity index (χ2v) is 9.15. The molecular formula is C26H31ClN2O. The molecule has 0 radical (unpaired) electrons. The Kier molecular flexibility index (Phi) is 6.91. The number of allylic oxidation sites excluding steroid dienone is 1. The number of likely N-dealkylation sites (tertiary alicyclic amines) is 1. The average molecular weight is 423 g/mol. The van der Waals surface area contributed by atoms with Crippen molar-refractivity contribution in [3.8, 4) is 0 Å². The Morgan fingerprint density at radius 2 is 1.80 bits per heavy atom. The molecule has 1 aliphatic carbocycles. The van der Waals surface area contributed by atoms with E-state index in [1.165, 1.54) is 22.3 Å². The third kappa shape index (κ3) is 5.33. The molecule has 2 aromatic rings. The monoisotopic (exact) mass is 422 g/mol. The fraction of sp³-hybridized carbons (Fsp3) is 0.423. The second kappa shape index (κ2) is 9.80. The number of carbonyl (C=O) groups excluding carboxylic acids is 1. The number of benzene rings is 2. The molecule has 0 unspecified atom stereocenters. The van der Waals surface area contributed by atoms with E-state index in [0.717, 1.165) is 56.6 Å². The summed E-state index contributed by atoms with van der Waals surface area (Å²) in [7, 11) is 0. The third-order valence-electron chi connectivity index (χ3n) is 6.49. The topological polar surface area (TPSA) is 46.3 Å². The molecule has 0 aromatic heterocycles. The van der Waals surface area contributed by atoms with Crippen LogP contribution in [0.4, 0.5) is 0 Å². The molecule has 30 heavy (non-hydrogen) atoms. The smallest absolute Gasteiger partial charge is 0.222 e. The van der Waals surface area contributed by atoms with Crippen LogP contribution in [-0.4, -0.2) is 23.4 Å². The minimum absolute atomic E-state index is 0.0474. The van der Waals surface area contributed by atoms with E-state index in [-0.39, 0.29) is 6.04 Å². The van der Waals surface area contributed by atoms with E-state index in [2.05, 4.69) is 42.5 Å². The number of nitrogens with two attached hydrogens (primary N) is 1. The summed E-state index contributed by atoms with van der Waals surface area (Å²) >= 11 is 5.97. The molecule has 2 aliphatic rings. The van der Waals surface area contributed by atoms with Gasteiger partial charge < -0.3 is 10.6 Å². The fourth-order valence-corrected chi connectivity index (χ4v) is 5.00. The molecule has 2 fully saturated rings. The van der Waals surface area contributed by atoms with Gasteiger partial charge in [-0.1, -0.05) is 59.6 Å². The Bertz CT molecular complexity index is 896. The molecule has 0 spiro atoms. The van der Waals surface area contributed by atoms with Gasteiger partial charge in [0.15, 0.2) is 0 Å². The molecule has 4 heteroatoms. The van der Waals surface area contributed by atoms with Gasteiger partial charge in [-0.3, -0.25) is 4.79 Å². The van der Waals surface area contributed by atoms with Crippen molar-refractivity contribution in [2.45, 2.75) is 63.5 Å². The summed E-state index contributed by atoms with van der Waals surface area (Å²) in [4.78, 5) is 14.1. The normalized spacial score (nSPS) is 20.5. The van der Waals surface area contributed by atoms with E-state index < -0.39 is 0 Å². The number of nitrogens with zero attached hydrogens (tertiary/aromatic N) is 1. The lowest BCUT2D eigenvalue weighted by Crippen LogP contribution is -2.25. The Balaban J connectivity index is 1.35. The van der Waals surface area contributed by atoms with E-state index in [0.29, 0.717) is 18.2 Å². The first-order valence-electron chi connectivity index (χ1n) is 11.1. The first-order chi connectivity index (χ1) is 14.6. The molecule has 2 aromatic carbocycles. The molecule has 0 bridgehead atoms. The standard InChI is InChI=1S/C26H31ClN2O/c27-23-13-9-20(10-14-23)17-24(28)16-19-7-11-21(12-8-19)25-5-2-1-4-22(25)18-29-15-3-6-26(29)30/h1-2,4-5,9-10,13-14,16,21,24H,3,6-8,11-12,15,17-18,28H2/t21?,24-/m1/s1. The quantitative estimate of drug-likeness (QED) is 0.614. The summed E-state index contributed by atoms with van der Waals surface area (Å²) in [6, 6.07) is 16.7. The molecule has 1 amide bonds. The molecule has 1 atom stereocenters. The van der Waals surface area contributed by atoms with Crippen LogP contribution in [0.5, 0.6) is 0 Å². The van der Waals surface area contributed by atoms with Crippen molar-refractivity contribution in [3.63, 3.8) is 0 Å². The highest BCUT2D eigenvalue weighted by molar-refractivity contribution is 6.30. The maximum Gasteiger partial charge on any atom is 0.222 e. The summed E-state index contributed by atoms with van der Waals surface area (Å²) in [5.74, 6) is 0.872. The zero-order valence-corrected chi connectivity index (χ0v) is 18.3. The van der Waals surface area contributed by atoms with Gasteiger partial charge in [-0.15, -0.1) is 0 Å². The van der Waals surface area contributed by atoms with Crippen molar-refractivity contribution in [2.75, 3.05) is 6.54 Å². The van der Waals surface area contributed by atoms with Crippen molar-refractivity contribution >= 4 is 17.5 Å². The van der Waals surface area contributed by atoms with Gasteiger partial charge in [0.2, 0.25) is 5.91 Å². The lowest BCUT2D eigenvalue weighted by molar-refractivity contribution is -0.128. The molecule has 1 saturated heterocycles. The SMILES string of the molecule is N[C@H](C=C1CCC(c2ccccc2CN2CCCC2=O)CC1)Cc1ccc(Cl)cc1. The predicted octanol–water partition coefficient (Wildman–Crippen LogP) is 5.62. The lowest BCUT2D eigenvalue weighted by Gasteiger charge is -2.28. The van der Waals surface area contributed by atoms with Gasteiger partial charge in [0.05, 0.1) is 0 Å². The lowest BCUT2D eigenvalue weighted by atomic mass is 9.79. The van der Waals surface area contributed by atoms with Crippen LogP contribution in [0.2, 0.25) is 5.02 Å². The van der Waals surface area contributed by atoms with Gasteiger partial charge in [0.25, 0.3) is 0 Å². The van der Waals surface area contributed by atoms with E-state index in [4.69, 9.17) is 17.3 Å². The number of rotatable bonds is 6. The van der Waals surface area contributed by atoms with Crippen LogP contribution >= 0.6 is 11.6 Å². The van der Waals surface area contributed by atoms with Crippen molar-refractivity contribution < 1.29 is 4.79 Å². The van der Waals surface area contributed by atoms with Crippen LogP contribution in [0, 0.1) is 0 Å². The molecular weight excluding hydrogens is 392 g/mol. The molecule has 2 N–H and O–H groups in total. The number of halogens is 1.